The Morgan fingerprint density at radius 3 is 2.60 bits per heavy atom. The lowest BCUT2D eigenvalue weighted by Crippen LogP contribution is -2.23. The van der Waals surface area contributed by atoms with E-state index in [0.29, 0.717) is 5.56 Å². The van der Waals surface area contributed by atoms with Gasteiger partial charge in [0, 0.05) is 24.9 Å². The minimum Gasteiger partial charge on any atom is -0.461 e. The number of carbonyl (C=O) groups excluding carboxylic acids is 2. The molecular formula is C15H14FNO3. The highest BCUT2D eigenvalue weighted by Gasteiger charge is 2.11. The minimum atomic E-state index is -0.362. The molecule has 0 fully saturated rings. The molecule has 0 spiro atoms. The molecule has 5 heteroatoms. The number of halogens is 1. The number of Topliss-reactive ketones (excluding diaryl/α,β-unsaturated/α-hetero) is 1. The predicted octanol–water partition coefficient (Wildman–Crippen LogP) is 2.70. The zero-order chi connectivity index (χ0) is 14.4. The molecule has 20 heavy (non-hydrogen) atoms. The molecule has 1 amide bonds. The number of amides is 1. The minimum absolute atomic E-state index is 0.0496. The van der Waals surface area contributed by atoms with Gasteiger partial charge in [0.15, 0.2) is 11.5 Å². The summed E-state index contributed by atoms with van der Waals surface area (Å²) in [6.45, 7) is 0.112. The van der Waals surface area contributed by atoms with E-state index in [-0.39, 0.29) is 42.7 Å². The summed E-state index contributed by atoms with van der Waals surface area (Å²) >= 11 is 0. The summed E-state index contributed by atoms with van der Waals surface area (Å²) in [6.07, 6.45) is 1.52. The predicted molar refractivity (Wildman–Crippen MR) is 70.5 cm³/mol. The second kappa shape index (κ2) is 6.65. The monoisotopic (exact) mass is 275 g/mol. The van der Waals surface area contributed by atoms with Gasteiger partial charge >= 0.3 is 0 Å². The molecule has 1 aromatic carbocycles. The van der Waals surface area contributed by atoms with Crippen LogP contribution in [0.4, 0.5) is 4.39 Å². The molecule has 0 aliphatic rings. The Hall–Kier alpha value is -2.43. The van der Waals surface area contributed by atoms with Crippen molar-refractivity contribution in [1.29, 1.82) is 0 Å². The zero-order valence-electron chi connectivity index (χ0n) is 10.8. The van der Waals surface area contributed by atoms with Crippen LogP contribution in [0.5, 0.6) is 0 Å². The standard InChI is InChI=1S/C15H14FNO3/c16-12-5-2-1-4-11(12)10-17-15(19)8-7-13(18)14-6-3-9-20-14/h1-6,9H,7-8,10H2,(H,17,19). The molecule has 4 nitrogen and oxygen atoms in total. The maximum atomic E-state index is 13.3. The van der Waals surface area contributed by atoms with Gasteiger partial charge in [0.1, 0.15) is 5.82 Å². The van der Waals surface area contributed by atoms with E-state index in [1.807, 2.05) is 0 Å². The number of rotatable bonds is 6. The van der Waals surface area contributed by atoms with E-state index in [0.717, 1.165) is 0 Å². The van der Waals surface area contributed by atoms with Gasteiger partial charge in [0.05, 0.1) is 6.26 Å². The smallest absolute Gasteiger partial charge is 0.220 e. The van der Waals surface area contributed by atoms with Gasteiger partial charge in [-0.2, -0.15) is 0 Å². The lowest BCUT2D eigenvalue weighted by molar-refractivity contribution is -0.121. The molecule has 0 aliphatic heterocycles. The number of carbonyl (C=O) groups is 2. The molecule has 0 atom stereocenters. The summed E-state index contributed by atoms with van der Waals surface area (Å²) in [5.41, 5.74) is 0.415. The van der Waals surface area contributed by atoms with Crippen molar-refractivity contribution in [2.45, 2.75) is 19.4 Å². The number of benzene rings is 1. The van der Waals surface area contributed by atoms with Crippen LogP contribution in [0.2, 0.25) is 0 Å². The number of hydrogen-bond donors (Lipinski definition) is 1. The van der Waals surface area contributed by atoms with E-state index in [1.54, 1.807) is 30.3 Å². The third kappa shape index (κ3) is 3.78. The van der Waals surface area contributed by atoms with Gasteiger partial charge in [0.25, 0.3) is 0 Å². The average molecular weight is 275 g/mol. The second-order valence-corrected chi connectivity index (χ2v) is 4.27. The van der Waals surface area contributed by atoms with Crippen LogP contribution in [-0.2, 0) is 11.3 Å². The highest BCUT2D eigenvalue weighted by atomic mass is 19.1. The van der Waals surface area contributed by atoms with Gasteiger partial charge in [-0.15, -0.1) is 0 Å². The van der Waals surface area contributed by atoms with Gasteiger partial charge in [-0.25, -0.2) is 4.39 Å². The zero-order valence-corrected chi connectivity index (χ0v) is 10.8. The van der Waals surface area contributed by atoms with Crippen LogP contribution in [-0.4, -0.2) is 11.7 Å². The Bertz CT molecular complexity index is 593. The summed E-state index contributed by atoms with van der Waals surface area (Å²) < 4.78 is 18.3. The van der Waals surface area contributed by atoms with Crippen LogP contribution in [0.15, 0.2) is 47.1 Å². The largest absolute Gasteiger partial charge is 0.461 e. The van der Waals surface area contributed by atoms with Crippen molar-refractivity contribution in [3.8, 4) is 0 Å². The van der Waals surface area contributed by atoms with Crippen LogP contribution in [0, 0.1) is 5.82 Å². The first-order valence-electron chi connectivity index (χ1n) is 6.23. The lowest BCUT2D eigenvalue weighted by atomic mass is 10.1. The Morgan fingerprint density at radius 2 is 1.90 bits per heavy atom. The maximum absolute atomic E-state index is 13.3. The first-order chi connectivity index (χ1) is 9.66. The van der Waals surface area contributed by atoms with E-state index in [2.05, 4.69) is 5.32 Å². The normalized spacial score (nSPS) is 10.2. The van der Waals surface area contributed by atoms with Crippen molar-refractivity contribution in [1.82, 2.24) is 5.32 Å². The van der Waals surface area contributed by atoms with Gasteiger partial charge < -0.3 is 9.73 Å². The fourth-order valence-corrected chi connectivity index (χ4v) is 1.71. The second-order valence-electron chi connectivity index (χ2n) is 4.27. The molecule has 0 saturated carbocycles. The van der Waals surface area contributed by atoms with Crippen LogP contribution < -0.4 is 5.32 Å². The summed E-state index contributed by atoms with van der Waals surface area (Å²) in [5, 5.41) is 2.58. The molecule has 0 aliphatic carbocycles. The van der Waals surface area contributed by atoms with E-state index in [9.17, 15) is 14.0 Å². The third-order valence-corrected chi connectivity index (χ3v) is 2.81. The van der Waals surface area contributed by atoms with Crippen molar-refractivity contribution in [3.05, 3.63) is 59.8 Å². The molecule has 2 rings (SSSR count). The molecule has 1 N–H and O–H groups in total. The van der Waals surface area contributed by atoms with Crippen LogP contribution in [0.3, 0.4) is 0 Å². The highest BCUT2D eigenvalue weighted by Crippen LogP contribution is 2.07. The SMILES string of the molecule is O=C(CCC(=O)c1ccco1)NCc1ccccc1F. The first-order valence-corrected chi connectivity index (χ1v) is 6.23. The lowest BCUT2D eigenvalue weighted by Gasteiger charge is -2.05. The first kappa shape index (κ1) is 14.0. The van der Waals surface area contributed by atoms with Crippen LogP contribution >= 0.6 is 0 Å². The molecule has 0 bridgehead atoms. The van der Waals surface area contributed by atoms with E-state index >= 15 is 0 Å². The van der Waals surface area contributed by atoms with Crippen molar-refractivity contribution >= 4 is 11.7 Å². The molecular weight excluding hydrogens is 261 g/mol. The molecule has 104 valence electrons. The quantitative estimate of drug-likeness (QED) is 0.824. The fraction of sp³-hybridized carbons (Fsp3) is 0.200. The Labute approximate surface area is 115 Å². The van der Waals surface area contributed by atoms with Crippen molar-refractivity contribution in [2.75, 3.05) is 0 Å². The highest BCUT2D eigenvalue weighted by molar-refractivity contribution is 5.95. The molecule has 0 saturated heterocycles. The van der Waals surface area contributed by atoms with Gasteiger partial charge in [-0.3, -0.25) is 9.59 Å². The summed E-state index contributed by atoms with van der Waals surface area (Å²) in [5.74, 6) is -0.643. The topological polar surface area (TPSA) is 59.3 Å². The van der Waals surface area contributed by atoms with Crippen molar-refractivity contribution in [2.24, 2.45) is 0 Å². The number of nitrogens with one attached hydrogen (secondary N) is 1. The third-order valence-electron chi connectivity index (χ3n) is 2.81. The van der Waals surface area contributed by atoms with Gasteiger partial charge in [0.2, 0.25) is 5.91 Å². The Morgan fingerprint density at radius 1 is 1.10 bits per heavy atom. The van der Waals surface area contributed by atoms with Gasteiger partial charge in [-0.1, -0.05) is 18.2 Å². The molecule has 1 heterocycles. The number of furan rings is 1. The number of hydrogen-bond acceptors (Lipinski definition) is 3. The summed E-state index contributed by atoms with van der Waals surface area (Å²) in [6, 6.07) is 9.39. The fourth-order valence-electron chi connectivity index (χ4n) is 1.71. The number of ketones is 1. The van der Waals surface area contributed by atoms with Crippen LogP contribution in [0.25, 0.3) is 0 Å². The van der Waals surface area contributed by atoms with Crippen LogP contribution in [0.1, 0.15) is 29.0 Å². The van der Waals surface area contributed by atoms with Gasteiger partial charge in [-0.05, 0) is 18.2 Å². The van der Waals surface area contributed by atoms with E-state index in [1.165, 1.54) is 12.3 Å². The molecule has 1 aromatic heterocycles. The average Bonchev–Trinajstić information content (AvgIpc) is 2.98. The Balaban J connectivity index is 1.76. The van der Waals surface area contributed by atoms with Crippen molar-refractivity contribution in [3.63, 3.8) is 0 Å². The maximum Gasteiger partial charge on any atom is 0.220 e. The molecule has 0 radical (unpaired) electrons. The summed E-state index contributed by atoms with van der Waals surface area (Å²) in [7, 11) is 0. The molecule has 0 unspecified atom stereocenters. The summed E-state index contributed by atoms with van der Waals surface area (Å²) in [4.78, 5) is 23.2. The Kier molecular flexibility index (Phi) is 4.65. The molecule has 2 aromatic rings. The van der Waals surface area contributed by atoms with E-state index in [4.69, 9.17) is 4.42 Å². The van der Waals surface area contributed by atoms with Crippen molar-refractivity contribution < 1.29 is 18.4 Å². The van der Waals surface area contributed by atoms with E-state index < -0.39 is 0 Å².